The number of hydrogen-bond donors (Lipinski definition) is 0. The summed E-state index contributed by atoms with van der Waals surface area (Å²) in [6.45, 7) is 6.94. The van der Waals surface area contributed by atoms with Crippen LogP contribution in [0.2, 0.25) is 0 Å². The van der Waals surface area contributed by atoms with E-state index in [-0.39, 0.29) is 11.2 Å². The van der Waals surface area contributed by atoms with E-state index in [2.05, 4.69) is 9.88 Å². The van der Waals surface area contributed by atoms with Crippen LogP contribution in [0.1, 0.15) is 18.1 Å². The lowest BCUT2D eigenvalue weighted by Crippen LogP contribution is -2.38. The van der Waals surface area contributed by atoms with E-state index in [9.17, 15) is 4.39 Å². The van der Waals surface area contributed by atoms with Crippen LogP contribution < -0.4 is 0 Å². The topological polar surface area (TPSA) is 30.3 Å². The molecule has 1 atom stereocenters. The Morgan fingerprint density at radius 3 is 2.81 bits per heavy atom. The Hall–Kier alpha value is -1.17. The largest absolute Gasteiger partial charge is 0.379 e. The van der Waals surface area contributed by atoms with Gasteiger partial charge in [0.25, 0.3) is 0 Å². The number of morpholine rings is 1. The lowest BCUT2D eigenvalue weighted by Gasteiger charge is -2.27. The Bertz CT molecular complexity index is 623. The molecule has 0 bridgehead atoms. The van der Waals surface area contributed by atoms with Crippen molar-refractivity contribution in [2.24, 2.45) is 0 Å². The number of alkyl halides is 1. The molecule has 1 saturated heterocycles. The van der Waals surface area contributed by atoms with Crippen molar-refractivity contribution in [1.82, 2.24) is 14.5 Å². The highest BCUT2D eigenvalue weighted by atomic mass is 35.5. The first-order chi connectivity index (χ1) is 10.2. The highest BCUT2D eigenvalue weighted by molar-refractivity contribution is 6.20. The van der Waals surface area contributed by atoms with Crippen molar-refractivity contribution >= 4 is 22.6 Å². The fourth-order valence-electron chi connectivity index (χ4n) is 2.74. The van der Waals surface area contributed by atoms with Gasteiger partial charge in [-0.15, -0.1) is 11.6 Å². The zero-order chi connectivity index (χ0) is 14.8. The minimum absolute atomic E-state index is 0.249. The summed E-state index contributed by atoms with van der Waals surface area (Å²) >= 11 is 6.21. The molecule has 0 saturated carbocycles. The summed E-state index contributed by atoms with van der Waals surface area (Å²) in [7, 11) is 0. The number of fused-ring (bicyclic) bond motifs is 1. The summed E-state index contributed by atoms with van der Waals surface area (Å²) in [5.74, 6) is 0.432. The number of imidazole rings is 1. The number of nitrogens with zero attached hydrogens (tertiary/aromatic N) is 3. The van der Waals surface area contributed by atoms with Gasteiger partial charge in [0.2, 0.25) is 0 Å². The molecular formula is C15H19ClFN3O. The van der Waals surface area contributed by atoms with Crippen molar-refractivity contribution in [3.05, 3.63) is 29.8 Å². The number of hydrogen-bond acceptors (Lipinski definition) is 3. The molecule has 2 heterocycles. The fraction of sp³-hybridized carbons (Fsp3) is 0.533. The van der Waals surface area contributed by atoms with Crippen molar-refractivity contribution < 1.29 is 9.13 Å². The summed E-state index contributed by atoms with van der Waals surface area (Å²) in [6, 6.07) is 5.05. The molecule has 0 spiro atoms. The Morgan fingerprint density at radius 2 is 2.10 bits per heavy atom. The van der Waals surface area contributed by atoms with Gasteiger partial charge in [0.1, 0.15) is 11.3 Å². The number of benzene rings is 1. The van der Waals surface area contributed by atoms with Gasteiger partial charge in [-0.05, 0) is 19.1 Å². The quantitative estimate of drug-likeness (QED) is 0.813. The Balaban J connectivity index is 1.88. The lowest BCUT2D eigenvalue weighted by molar-refractivity contribution is 0.0364. The van der Waals surface area contributed by atoms with E-state index in [1.54, 1.807) is 6.07 Å². The number of ether oxygens (including phenoxy) is 1. The van der Waals surface area contributed by atoms with Crippen molar-refractivity contribution in [2.45, 2.75) is 18.8 Å². The number of rotatable bonds is 4. The van der Waals surface area contributed by atoms with E-state index in [4.69, 9.17) is 16.3 Å². The van der Waals surface area contributed by atoms with Gasteiger partial charge >= 0.3 is 0 Å². The third-order valence-corrected chi connectivity index (χ3v) is 4.05. The van der Waals surface area contributed by atoms with Crippen LogP contribution in [0.5, 0.6) is 0 Å². The molecule has 21 heavy (non-hydrogen) atoms. The minimum Gasteiger partial charge on any atom is -0.379 e. The van der Waals surface area contributed by atoms with E-state index in [0.29, 0.717) is 5.52 Å². The van der Waals surface area contributed by atoms with E-state index in [1.807, 2.05) is 17.6 Å². The molecule has 0 aliphatic carbocycles. The van der Waals surface area contributed by atoms with Crippen LogP contribution in [-0.2, 0) is 11.3 Å². The summed E-state index contributed by atoms with van der Waals surface area (Å²) < 4.78 is 21.3. The van der Waals surface area contributed by atoms with E-state index >= 15 is 0 Å². The van der Waals surface area contributed by atoms with Crippen LogP contribution in [0.3, 0.4) is 0 Å². The third kappa shape index (κ3) is 3.05. The molecule has 0 N–H and O–H groups in total. The summed E-state index contributed by atoms with van der Waals surface area (Å²) in [5.41, 5.74) is 1.22. The maximum Gasteiger partial charge on any atom is 0.151 e. The Labute approximate surface area is 128 Å². The SMILES string of the molecule is CC(Cl)c1nc2c(F)cccc2n1CCN1CCOCC1. The predicted molar refractivity (Wildman–Crippen MR) is 81.2 cm³/mol. The van der Waals surface area contributed by atoms with E-state index in [1.165, 1.54) is 6.07 Å². The van der Waals surface area contributed by atoms with Gasteiger partial charge < -0.3 is 9.30 Å². The van der Waals surface area contributed by atoms with Crippen LogP contribution in [0.4, 0.5) is 4.39 Å². The second kappa shape index (κ2) is 6.30. The molecule has 6 heteroatoms. The number of para-hydroxylation sites is 1. The molecule has 1 fully saturated rings. The zero-order valence-corrected chi connectivity index (χ0v) is 12.8. The molecule has 0 amide bonds. The fourth-order valence-corrected chi connectivity index (χ4v) is 2.90. The van der Waals surface area contributed by atoms with Gasteiger partial charge in [-0.2, -0.15) is 0 Å². The average Bonchev–Trinajstić information content (AvgIpc) is 2.87. The molecule has 114 valence electrons. The third-order valence-electron chi connectivity index (χ3n) is 3.86. The standard InChI is InChI=1S/C15H19ClFN3O/c1-11(16)15-18-14-12(17)3-2-4-13(14)20(15)6-5-19-7-9-21-10-8-19/h2-4,11H,5-10H2,1H3. The van der Waals surface area contributed by atoms with Gasteiger partial charge in [-0.1, -0.05) is 6.07 Å². The molecule has 1 aliphatic heterocycles. The number of aromatic nitrogens is 2. The van der Waals surface area contributed by atoms with Crippen molar-refractivity contribution in [1.29, 1.82) is 0 Å². The molecule has 1 aliphatic rings. The first kappa shape index (κ1) is 14.8. The van der Waals surface area contributed by atoms with Gasteiger partial charge in [0.15, 0.2) is 5.82 Å². The molecule has 2 aromatic rings. The van der Waals surface area contributed by atoms with Crippen LogP contribution in [-0.4, -0.2) is 47.3 Å². The molecule has 0 radical (unpaired) electrons. The first-order valence-electron chi connectivity index (χ1n) is 7.25. The monoisotopic (exact) mass is 311 g/mol. The van der Waals surface area contributed by atoms with Crippen LogP contribution >= 0.6 is 11.6 Å². The van der Waals surface area contributed by atoms with Gasteiger partial charge in [-0.25, -0.2) is 9.37 Å². The minimum atomic E-state index is -0.295. The van der Waals surface area contributed by atoms with Gasteiger partial charge in [0.05, 0.1) is 24.1 Å². The number of halogens is 2. The van der Waals surface area contributed by atoms with Crippen molar-refractivity contribution in [3.63, 3.8) is 0 Å². The van der Waals surface area contributed by atoms with Gasteiger partial charge in [-0.3, -0.25) is 4.90 Å². The molecule has 4 nitrogen and oxygen atoms in total. The Morgan fingerprint density at radius 1 is 1.33 bits per heavy atom. The first-order valence-corrected chi connectivity index (χ1v) is 7.69. The maximum absolute atomic E-state index is 13.9. The Kier molecular flexibility index (Phi) is 4.42. The molecule has 3 rings (SSSR count). The van der Waals surface area contributed by atoms with Crippen LogP contribution in [0, 0.1) is 5.82 Å². The second-order valence-corrected chi connectivity index (χ2v) is 5.95. The van der Waals surface area contributed by atoms with E-state index in [0.717, 1.165) is 50.7 Å². The molecule has 1 aromatic carbocycles. The zero-order valence-electron chi connectivity index (χ0n) is 12.1. The second-order valence-electron chi connectivity index (χ2n) is 5.30. The highest BCUT2D eigenvalue weighted by Gasteiger charge is 2.18. The molecule has 1 unspecified atom stereocenters. The van der Waals surface area contributed by atoms with E-state index < -0.39 is 0 Å². The maximum atomic E-state index is 13.9. The molecule has 1 aromatic heterocycles. The average molecular weight is 312 g/mol. The smallest absolute Gasteiger partial charge is 0.151 e. The van der Waals surface area contributed by atoms with Crippen molar-refractivity contribution in [2.75, 3.05) is 32.8 Å². The van der Waals surface area contributed by atoms with Crippen LogP contribution in [0.15, 0.2) is 18.2 Å². The summed E-state index contributed by atoms with van der Waals surface area (Å²) in [4.78, 5) is 6.73. The normalized spacial score (nSPS) is 18.2. The van der Waals surface area contributed by atoms with Crippen molar-refractivity contribution in [3.8, 4) is 0 Å². The van der Waals surface area contributed by atoms with Crippen LogP contribution in [0.25, 0.3) is 11.0 Å². The lowest BCUT2D eigenvalue weighted by atomic mass is 10.3. The predicted octanol–water partition coefficient (Wildman–Crippen LogP) is 2.81. The van der Waals surface area contributed by atoms with Gasteiger partial charge in [0, 0.05) is 26.2 Å². The molecular weight excluding hydrogens is 293 g/mol. The summed E-state index contributed by atoms with van der Waals surface area (Å²) in [5, 5.41) is -0.249. The highest BCUT2D eigenvalue weighted by Crippen LogP contribution is 2.26. The summed E-state index contributed by atoms with van der Waals surface area (Å²) in [6.07, 6.45) is 0.